The third-order valence-corrected chi connectivity index (χ3v) is 3.91. The Balaban J connectivity index is 2.02. The van der Waals surface area contributed by atoms with E-state index >= 15 is 0 Å². The van der Waals surface area contributed by atoms with Crippen LogP contribution >= 0.6 is 0 Å². The Labute approximate surface area is 128 Å². The van der Waals surface area contributed by atoms with E-state index in [1.165, 1.54) is 17.2 Å². The Kier molecular flexibility index (Phi) is 3.37. The van der Waals surface area contributed by atoms with Gasteiger partial charge in [0.25, 0.3) is 5.91 Å². The SMILES string of the molecule is CC(C)N1C(=O)[C@](O)(CC(=O)c2ccco2)c2ccccc21. The lowest BCUT2D eigenvalue weighted by atomic mass is 9.89. The number of rotatable bonds is 4. The van der Waals surface area contributed by atoms with Gasteiger partial charge in [0.15, 0.2) is 11.4 Å². The van der Waals surface area contributed by atoms with Gasteiger partial charge in [-0.15, -0.1) is 0 Å². The van der Waals surface area contributed by atoms with Crippen molar-refractivity contribution in [1.29, 1.82) is 0 Å². The Morgan fingerprint density at radius 2 is 2.00 bits per heavy atom. The predicted molar refractivity (Wildman–Crippen MR) is 80.6 cm³/mol. The smallest absolute Gasteiger partial charge is 0.264 e. The van der Waals surface area contributed by atoms with Crippen LogP contribution in [0.15, 0.2) is 47.1 Å². The lowest BCUT2D eigenvalue weighted by Gasteiger charge is -2.25. The maximum absolute atomic E-state index is 12.7. The third kappa shape index (κ3) is 2.05. The number of carbonyl (C=O) groups excluding carboxylic acids is 2. The summed E-state index contributed by atoms with van der Waals surface area (Å²) >= 11 is 0. The van der Waals surface area contributed by atoms with E-state index in [0.29, 0.717) is 11.3 Å². The van der Waals surface area contributed by atoms with Gasteiger partial charge in [-0.05, 0) is 32.0 Å². The summed E-state index contributed by atoms with van der Waals surface area (Å²) in [5.74, 6) is -0.730. The zero-order valence-corrected chi connectivity index (χ0v) is 12.4. The number of furan rings is 1. The molecule has 0 bridgehead atoms. The molecule has 1 atom stereocenters. The number of hydrogen-bond acceptors (Lipinski definition) is 4. The molecule has 1 aromatic carbocycles. The average Bonchev–Trinajstić information content (AvgIpc) is 3.07. The van der Waals surface area contributed by atoms with E-state index in [-0.39, 0.29) is 18.2 Å². The van der Waals surface area contributed by atoms with Gasteiger partial charge in [-0.3, -0.25) is 9.59 Å². The minimum Gasteiger partial charge on any atom is -0.461 e. The molecule has 0 unspecified atom stereocenters. The maximum atomic E-state index is 12.7. The molecule has 0 saturated heterocycles. The number of aliphatic hydroxyl groups is 1. The average molecular weight is 299 g/mol. The molecular formula is C17H17NO4. The Morgan fingerprint density at radius 3 is 2.64 bits per heavy atom. The highest BCUT2D eigenvalue weighted by atomic mass is 16.3. The second-order valence-electron chi connectivity index (χ2n) is 5.72. The Morgan fingerprint density at radius 1 is 1.27 bits per heavy atom. The molecule has 22 heavy (non-hydrogen) atoms. The van der Waals surface area contributed by atoms with E-state index in [1.807, 2.05) is 19.9 Å². The van der Waals surface area contributed by atoms with Crippen molar-refractivity contribution in [3.05, 3.63) is 54.0 Å². The Bertz CT molecular complexity index is 720. The van der Waals surface area contributed by atoms with Crippen molar-refractivity contribution in [3.63, 3.8) is 0 Å². The molecule has 1 aliphatic heterocycles. The maximum Gasteiger partial charge on any atom is 0.264 e. The second-order valence-corrected chi connectivity index (χ2v) is 5.72. The van der Waals surface area contributed by atoms with Crippen LogP contribution in [0.5, 0.6) is 0 Å². The van der Waals surface area contributed by atoms with Crippen LogP contribution in [0, 0.1) is 0 Å². The topological polar surface area (TPSA) is 70.8 Å². The highest BCUT2D eigenvalue weighted by molar-refractivity contribution is 6.10. The van der Waals surface area contributed by atoms with Gasteiger partial charge in [-0.25, -0.2) is 0 Å². The van der Waals surface area contributed by atoms with E-state index < -0.39 is 17.3 Å². The fourth-order valence-corrected chi connectivity index (χ4v) is 2.90. The van der Waals surface area contributed by atoms with Crippen molar-refractivity contribution in [1.82, 2.24) is 0 Å². The van der Waals surface area contributed by atoms with Crippen LogP contribution in [0.1, 0.15) is 36.4 Å². The summed E-state index contributed by atoms with van der Waals surface area (Å²) in [6, 6.07) is 10.0. The Hall–Kier alpha value is -2.40. The highest BCUT2D eigenvalue weighted by Crippen LogP contribution is 2.43. The molecule has 1 amide bonds. The van der Waals surface area contributed by atoms with Gasteiger partial charge in [0.05, 0.1) is 18.4 Å². The van der Waals surface area contributed by atoms with Crippen LogP contribution in [-0.4, -0.2) is 22.8 Å². The first kappa shape index (κ1) is 14.5. The summed E-state index contributed by atoms with van der Waals surface area (Å²) in [5, 5.41) is 10.9. The molecule has 1 aromatic heterocycles. The monoisotopic (exact) mass is 299 g/mol. The molecule has 114 valence electrons. The van der Waals surface area contributed by atoms with Gasteiger partial charge in [-0.2, -0.15) is 0 Å². The molecule has 0 radical (unpaired) electrons. The molecule has 2 aromatic rings. The van der Waals surface area contributed by atoms with E-state index in [0.717, 1.165) is 0 Å². The van der Waals surface area contributed by atoms with E-state index in [1.54, 1.807) is 24.3 Å². The quantitative estimate of drug-likeness (QED) is 0.881. The number of nitrogens with zero attached hydrogens (tertiary/aromatic N) is 1. The van der Waals surface area contributed by atoms with Crippen LogP contribution in [0.4, 0.5) is 5.69 Å². The number of Topliss-reactive ketones (excluding diaryl/α,β-unsaturated/α-hetero) is 1. The number of ketones is 1. The number of amides is 1. The number of benzene rings is 1. The van der Waals surface area contributed by atoms with E-state index in [2.05, 4.69) is 0 Å². The van der Waals surface area contributed by atoms with Gasteiger partial charge in [0.1, 0.15) is 0 Å². The van der Waals surface area contributed by atoms with E-state index in [9.17, 15) is 14.7 Å². The number of hydrogen-bond donors (Lipinski definition) is 1. The lowest BCUT2D eigenvalue weighted by molar-refractivity contribution is -0.136. The number of anilines is 1. The fourth-order valence-electron chi connectivity index (χ4n) is 2.90. The van der Waals surface area contributed by atoms with E-state index in [4.69, 9.17) is 4.42 Å². The van der Waals surface area contributed by atoms with Gasteiger partial charge in [0.2, 0.25) is 5.78 Å². The van der Waals surface area contributed by atoms with Gasteiger partial charge in [-0.1, -0.05) is 18.2 Å². The zero-order chi connectivity index (χ0) is 15.9. The lowest BCUT2D eigenvalue weighted by Crippen LogP contribution is -2.44. The standard InChI is InChI=1S/C17H17NO4/c1-11(2)18-13-7-4-3-6-12(13)17(21,16(18)20)10-14(19)15-8-5-9-22-15/h3-9,11,21H,10H2,1-2H3/t17-/m0/s1. The second kappa shape index (κ2) is 5.10. The molecule has 0 aliphatic carbocycles. The molecule has 0 fully saturated rings. The third-order valence-electron chi connectivity index (χ3n) is 3.91. The summed E-state index contributed by atoms with van der Waals surface area (Å²) < 4.78 is 5.06. The molecule has 2 heterocycles. The molecular weight excluding hydrogens is 282 g/mol. The van der Waals surface area contributed by atoms with Crippen molar-refractivity contribution in [2.24, 2.45) is 0 Å². The first-order valence-corrected chi connectivity index (χ1v) is 7.17. The number of fused-ring (bicyclic) bond motifs is 1. The summed E-state index contributed by atoms with van der Waals surface area (Å²) in [6.45, 7) is 3.74. The molecule has 5 nitrogen and oxygen atoms in total. The molecule has 0 spiro atoms. The number of carbonyl (C=O) groups is 2. The van der Waals surface area contributed by atoms with Crippen molar-refractivity contribution in [2.75, 3.05) is 4.90 Å². The summed E-state index contributed by atoms with van der Waals surface area (Å²) in [6.07, 6.45) is 1.06. The minimum atomic E-state index is -1.84. The molecule has 0 saturated carbocycles. The van der Waals surface area contributed by atoms with Crippen molar-refractivity contribution in [3.8, 4) is 0 Å². The summed E-state index contributed by atoms with van der Waals surface area (Å²) in [4.78, 5) is 26.5. The van der Waals surface area contributed by atoms with Crippen LogP contribution in [0.2, 0.25) is 0 Å². The minimum absolute atomic E-state index is 0.110. The van der Waals surface area contributed by atoms with Crippen LogP contribution in [0.25, 0.3) is 0 Å². The van der Waals surface area contributed by atoms with Gasteiger partial charge < -0.3 is 14.4 Å². The first-order valence-electron chi connectivity index (χ1n) is 7.17. The molecule has 1 N–H and O–H groups in total. The van der Waals surface area contributed by atoms with Gasteiger partial charge >= 0.3 is 0 Å². The van der Waals surface area contributed by atoms with Crippen LogP contribution in [-0.2, 0) is 10.4 Å². The summed E-state index contributed by atoms with van der Waals surface area (Å²) in [5.41, 5.74) is -0.726. The van der Waals surface area contributed by atoms with Gasteiger partial charge in [0, 0.05) is 11.6 Å². The molecule has 1 aliphatic rings. The van der Waals surface area contributed by atoms with Crippen molar-refractivity contribution in [2.45, 2.75) is 31.9 Å². The largest absolute Gasteiger partial charge is 0.461 e. The van der Waals surface area contributed by atoms with Crippen molar-refractivity contribution < 1.29 is 19.1 Å². The molecule has 3 rings (SSSR count). The van der Waals surface area contributed by atoms with Crippen LogP contribution in [0.3, 0.4) is 0 Å². The predicted octanol–water partition coefficient (Wildman–Crippen LogP) is 2.50. The van der Waals surface area contributed by atoms with Crippen LogP contribution < -0.4 is 4.90 Å². The zero-order valence-electron chi connectivity index (χ0n) is 12.4. The first-order chi connectivity index (χ1) is 10.4. The van der Waals surface area contributed by atoms with Crippen molar-refractivity contribution >= 4 is 17.4 Å². The number of para-hydroxylation sites is 1. The highest BCUT2D eigenvalue weighted by Gasteiger charge is 2.51. The normalized spacial score (nSPS) is 20.5. The molecule has 5 heteroatoms. The summed E-state index contributed by atoms with van der Waals surface area (Å²) in [7, 11) is 0. The fraction of sp³-hybridized carbons (Fsp3) is 0.294.